The SMILES string of the molecule is O=C(O)N[C@@H](CNCc1ccccc1)Cc1ccccc1. The molecule has 0 bridgehead atoms. The first kappa shape index (κ1) is 15.1. The van der Waals surface area contributed by atoms with Crippen molar-refractivity contribution in [1.82, 2.24) is 10.6 Å². The van der Waals surface area contributed by atoms with Crippen LogP contribution in [0.1, 0.15) is 11.1 Å². The molecule has 21 heavy (non-hydrogen) atoms. The number of nitrogens with one attached hydrogen (secondary N) is 2. The normalized spacial score (nSPS) is 11.8. The van der Waals surface area contributed by atoms with E-state index in [-0.39, 0.29) is 6.04 Å². The lowest BCUT2D eigenvalue weighted by Crippen LogP contribution is -2.42. The summed E-state index contributed by atoms with van der Waals surface area (Å²) >= 11 is 0. The molecule has 0 aliphatic carbocycles. The second-order valence-electron chi connectivity index (χ2n) is 4.95. The number of carboxylic acid groups (broad SMARTS) is 1. The molecule has 0 saturated carbocycles. The van der Waals surface area contributed by atoms with Gasteiger partial charge < -0.3 is 15.7 Å². The molecule has 2 aromatic rings. The molecular formula is C17H20N2O2. The molecule has 0 aromatic heterocycles. The average molecular weight is 284 g/mol. The molecule has 0 spiro atoms. The lowest BCUT2D eigenvalue weighted by molar-refractivity contribution is 0.189. The number of benzene rings is 2. The Morgan fingerprint density at radius 3 is 2.10 bits per heavy atom. The summed E-state index contributed by atoms with van der Waals surface area (Å²) in [6, 6.07) is 19.8. The Labute approximate surface area is 124 Å². The van der Waals surface area contributed by atoms with Crippen molar-refractivity contribution in [2.45, 2.75) is 19.0 Å². The van der Waals surface area contributed by atoms with Gasteiger partial charge in [0.05, 0.1) is 0 Å². The Morgan fingerprint density at radius 1 is 0.952 bits per heavy atom. The molecule has 0 fully saturated rings. The van der Waals surface area contributed by atoms with Crippen molar-refractivity contribution in [3.8, 4) is 0 Å². The minimum Gasteiger partial charge on any atom is -0.465 e. The quantitative estimate of drug-likeness (QED) is 0.732. The Bertz CT molecular complexity index is 543. The van der Waals surface area contributed by atoms with Gasteiger partial charge in [-0.05, 0) is 17.5 Å². The van der Waals surface area contributed by atoms with Crippen LogP contribution < -0.4 is 10.6 Å². The zero-order valence-electron chi connectivity index (χ0n) is 11.8. The fourth-order valence-electron chi connectivity index (χ4n) is 2.23. The van der Waals surface area contributed by atoms with Gasteiger partial charge in [0.15, 0.2) is 0 Å². The van der Waals surface area contributed by atoms with E-state index in [1.165, 1.54) is 5.56 Å². The van der Waals surface area contributed by atoms with E-state index in [1.54, 1.807) is 0 Å². The van der Waals surface area contributed by atoms with Gasteiger partial charge >= 0.3 is 6.09 Å². The van der Waals surface area contributed by atoms with Gasteiger partial charge in [-0.3, -0.25) is 0 Å². The van der Waals surface area contributed by atoms with E-state index in [1.807, 2.05) is 60.7 Å². The van der Waals surface area contributed by atoms with Crippen LogP contribution in [0.5, 0.6) is 0 Å². The molecular weight excluding hydrogens is 264 g/mol. The number of hydrogen-bond acceptors (Lipinski definition) is 2. The molecule has 0 saturated heterocycles. The summed E-state index contributed by atoms with van der Waals surface area (Å²) in [4.78, 5) is 10.9. The van der Waals surface area contributed by atoms with Crippen molar-refractivity contribution in [3.05, 3.63) is 71.8 Å². The molecule has 0 aliphatic heterocycles. The van der Waals surface area contributed by atoms with Crippen molar-refractivity contribution < 1.29 is 9.90 Å². The van der Waals surface area contributed by atoms with Crippen LogP contribution in [0.25, 0.3) is 0 Å². The monoisotopic (exact) mass is 284 g/mol. The summed E-state index contributed by atoms with van der Waals surface area (Å²) in [6.45, 7) is 1.32. The van der Waals surface area contributed by atoms with Gasteiger partial charge in [-0.1, -0.05) is 60.7 Å². The van der Waals surface area contributed by atoms with Gasteiger partial charge in [0, 0.05) is 19.1 Å². The average Bonchev–Trinajstić information content (AvgIpc) is 2.49. The van der Waals surface area contributed by atoms with E-state index in [9.17, 15) is 4.79 Å². The first-order valence-electron chi connectivity index (χ1n) is 7.02. The highest BCUT2D eigenvalue weighted by atomic mass is 16.4. The van der Waals surface area contributed by atoms with E-state index < -0.39 is 6.09 Å². The van der Waals surface area contributed by atoms with E-state index in [4.69, 9.17) is 5.11 Å². The first-order valence-corrected chi connectivity index (χ1v) is 7.02. The van der Waals surface area contributed by atoms with Gasteiger partial charge in [0.25, 0.3) is 0 Å². The Balaban J connectivity index is 1.86. The molecule has 0 unspecified atom stereocenters. The lowest BCUT2D eigenvalue weighted by atomic mass is 10.1. The highest BCUT2D eigenvalue weighted by Gasteiger charge is 2.11. The van der Waals surface area contributed by atoms with Gasteiger partial charge in [-0.25, -0.2) is 4.79 Å². The molecule has 0 heterocycles. The standard InChI is InChI=1S/C17H20N2O2/c20-17(21)19-16(11-14-7-3-1-4-8-14)13-18-12-15-9-5-2-6-10-15/h1-10,16,18-19H,11-13H2,(H,20,21)/t16-/m1/s1. The molecule has 2 rings (SSSR count). The van der Waals surface area contributed by atoms with Gasteiger partial charge in [-0.2, -0.15) is 0 Å². The lowest BCUT2D eigenvalue weighted by Gasteiger charge is -2.18. The highest BCUT2D eigenvalue weighted by Crippen LogP contribution is 2.03. The zero-order valence-corrected chi connectivity index (χ0v) is 11.8. The van der Waals surface area contributed by atoms with E-state index in [0.29, 0.717) is 13.0 Å². The largest absolute Gasteiger partial charge is 0.465 e. The molecule has 0 radical (unpaired) electrons. The third-order valence-corrected chi connectivity index (χ3v) is 3.22. The first-order chi connectivity index (χ1) is 10.2. The summed E-state index contributed by atoms with van der Waals surface area (Å²) in [5.74, 6) is 0. The fourth-order valence-corrected chi connectivity index (χ4v) is 2.23. The molecule has 4 heteroatoms. The van der Waals surface area contributed by atoms with Gasteiger partial charge in [0.2, 0.25) is 0 Å². The summed E-state index contributed by atoms with van der Waals surface area (Å²) < 4.78 is 0. The summed E-state index contributed by atoms with van der Waals surface area (Å²) in [7, 11) is 0. The second-order valence-corrected chi connectivity index (χ2v) is 4.95. The Hall–Kier alpha value is -2.33. The minimum atomic E-state index is -0.988. The number of amides is 1. The van der Waals surface area contributed by atoms with E-state index >= 15 is 0 Å². The topological polar surface area (TPSA) is 61.4 Å². The molecule has 2 aromatic carbocycles. The highest BCUT2D eigenvalue weighted by molar-refractivity contribution is 5.64. The summed E-state index contributed by atoms with van der Waals surface area (Å²) in [5.41, 5.74) is 2.31. The molecule has 0 aliphatic rings. The molecule has 1 amide bonds. The van der Waals surface area contributed by atoms with Gasteiger partial charge in [0.1, 0.15) is 0 Å². The third-order valence-electron chi connectivity index (χ3n) is 3.22. The molecule has 1 atom stereocenters. The predicted molar refractivity (Wildman–Crippen MR) is 83.2 cm³/mol. The number of rotatable bonds is 7. The van der Waals surface area contributed by atoms with Crippen LogP contribution in [-0.4, -0.2) is 23.8 Å². The van der Waals surface area contributed by atoms with E-state index in [2.05, 4.69) is 10.6 Å². The Morgan fingerprint density at radius 2 is 1.52 bits per heavy atom. The summed E-state index contributed by atoms with van der Waals surface area (Å²) in [5, 5.41) is 14.8. The van der Waals surface area contributed by atoms with Crippen LogP contribution in [-0.2, 0) is 13.0 Å². The van der Waals surface area contributed by atoms with Gasteiger partial charge in [-0.15, -0.1) is 0 Å². The van der Waals surface area contributed by atoms with Crippen molar-refractivity contribution >= 4 is 6.09 Å². The maximum Gasteiger partial charge on any atom is 0.404 e. The second kappa shape index (κ2) is 8.07. The molecule has 110 valence electrons. The van der Waals surface area contributed by atoms with Crippen molar-refractivity contribution in [2.24, 2.45) is 0 Å². The summed E-state index contributed by atoms with van der Waals surface area (Å²) in [6.07, 6.45) is -0.313. The van der Waals surface area contributed by atoms with Crippen molar-refractivity contribution in [2.75, 3.05) is 6.54 Å². The van der Waals surface area contributed by atoms with Crippen molar-refractivity contribution in [3.63, 3.8) is 0 Å². The molecule has 3 N–H and O–H groups in total. The van der Waals surface area contributed by atoms with Crippen LogP contribution >= 0.6 is 0 Å². The van der Waals surface area contributed by atoms with Crippen LogP contribution in [0.15, 0.2) is 60.7 Å². The zero-order chi connectivity index (χ0) is 14.9. The molecule has 4 nitrogen and oxygen atoms in total. The third kappa shape index (κ3) is 5.67. The predicted octanol–water partition coefficient (Wildman–Crippen LogP) is 2.66. The van der Waals surface area contributed by atoms with Crippen molar-refractivity contribution in [1.29, 1.82) is 0 Å². The minimum absolute atomic E-state index is 0.145. The maximum atomic E-state index is 10.9. The van der Waals surface area contributed by atoms with Crippen LogP contribution in [0, 0.1) is 0 Å². The smallest absolute Gasteiger partial charge is 0.404 e. The fraction of sp³-hybridized carbons (Fsp3) is 0.235. The Kier molecular flexibility index (Phi) is 5.79. The van der Waals surface area contributed by atoms with E-state index in [0.717, 1.165) is 12.1 Å². The number of carbonyl (C=O) groups is 1. The number of hydrogen-bond donors (Lipinski definition) is 3. The van der Waals surface area contributed by atoms with Crippen LogP contribution in [0.3, 0.4) is 0 Å². The maximum absolute atomic E-state index is 10.9. The van der Waals surface area contributed by atoms with Crippen LogP contribution in [0.2, 0.25) is 0 Å². The van der Waals surface area contributed by atoms with Crippen LogP contribution in [0.4, 0.5) is 4.79 Å².